The van der Waals surface area contributed by atoms with E-state index in [0.29, 0.717) is 47.6 Å². The molecule has 4 aromatic rings. The summed E-state index contributed by atoms with van der Waals surface area (Å²) in [5, 5.41) is 11.4. The Morgan fingerprint density at radius 2 is 1.62 bits per heavy atom. The minimum absolute atomic E-state index is 0.0332. The van der Waals surface area contributed by atoms with Gasteiger partial charge in [-0.25, -0.2) is 0 Å². The van der Waals surface area contributed by atoms with Gasteiger partial charge in [0.2, 0.25) is 0 Å². The van der Waals surface area contributed by atoms with Crippen LogP contribution in [0.3, 0.4) is 0 Å². The second-order valence-corrected chi connectivity index (χ2v) is 9.92. The summed E-state index contributed by atoms with van der Waals surface area (Å²) in [6.07, 6.45) is 1.59. The molecule has 3 aromatic carbocycles. The summed E-state index contributed by atoms with van der Waals surface area (Å²) < 4.78 is 11.7. The molecule has 1 aromatic heterocycles. The summed E-state index contributed by atoms with van der Waals surface area (Å²) in [6, 6.07) is 28.0. The number of hydrogen-bond donors (Lipinski definition) is 1. The summed E-state index contributed by atoms with van der Waals surface area (Å²) >= 11 is 0. The van der Waals surface area contributed by atoms with Gasteiger partial charge in [0.25, 0.3) is 11.7 Å². The Bertz CT molecular complexity index is 1520. The first-order chi connectivity index (χ1) is 19.4. The maximum Gasteiger partial charge on any atom is 0.300 e. The van der Waals surface area contributed by atoms with Crippen LogP contribution in [-0.4, -0.2) is 28.4 Å². The van der Waals surface area contributed by atoms with Gasteiger partial charge in [0, 0.05) is 17.4 Å². The second-order valence-electron chi connectivity index (χ2n) is 9.92. The highest BCUT2D eigenvalue weighted by Crippen LogP contribution is 2.42. The van der Waals surface area contributed by atoms with Crippen LogP contribution in [0.2, 0.25) is 0 Å². The molecule has 202 valence electrons. The smallest absolute Gasteiger partial charge is 0.300 e. The number of carbonyl (C=O) groups excluding carboxylic acids is 2. The Kier molecular flexibility index (Phi) is 7.92. The van der Waals surface area contributed by atoms with Crippen molar-refractivity contribution in [3.8, 4) is 11.5 Å². The molecule has 5 rings (SSSR count). The maximum absolute atomic E-state index is 13.4. The second kappa shape index (κ2) is 11.9. The Labute approximate surface area is 233 Å². The van der Waals surface area contributed by atoms with E-state index < -0.39 is 17.7 Å². The van der Waals surface area contributed by atoms with E-state index in [1.165, 1.54) is 4.90 Å². The standard InChI is InChI=1S/C33H30N2O5/c1-22(2)20-39-27-12-8-11-24(19-27)31(36)29-30(28-13-6-7-18-34-28)35(33(38)32(29)37)25-14-16-26(17-15-25)40-21-23-9-4-3-5-10-23/h3-19,22,30,36H,20-21H2,1-2H3/b31-29-. The van der Waals surface area contributed by atoms with E-state index in [9.17, 15) is 14.7 Å². The molecule has 40 heavy (non-hydrogen) atoms. The highest BCUT2D eigenvalue weighted by atomic mass is 16.5. The fourth-order valence-corrected chi connectivity index (χ4v) is 4.51. The third kappa shape index (κ3) is 5.73. The van der Waals surface area contributed by atoms with Crippen LogP contribution < -0.4 is 14.4 Å². The normalized spacial score (nSPS) is 16.4. The van der Waals surface area contributed by atoms with Crippen LogP contribution in [0.15, 0.2) is 109 Å². The number of anilines is 1. The molecular formula is C33H30N2O5. The van der Waals surface area contributed by atoms with Crippen LogP contribution >= 0.6 is 0 Å². The number of carbonyl (C=O) groups is 2. The maximum atomic E-state index is 13.4. The Hall–Kier alpha value is -4.91. The van der Waals surface area contributed by atoms with Crippen LogP contribution in [0, 0.1) is 5.92 Å². The predicted octanol–water partition coefficient (Wildman–Crippen LogP) is 6.32. The van der Waals surface area contributed by atoms with Gasteiger partial charge in [0.1, 0.15) is 29.9 Å². The lowest BCUT2D eigenvalue weighted by atomic mass is 9.98. The van der Waals surface area contributed by atoms with E-state index in [-0.39, 0.29) is 11.3 Å². The van der Waals surface area contributed by atoms with Crippen molar-refractivity contribution in [3.05, 3.63) is 126 Å². The predicted molar refractivity (Wildman–Crippen MR) is 153 cm³/mol. The lowest BCUT2D eigenvalue weighted by Crippen LogP contribution is -2.29. The van der Waals surface area contributed by atoms with Crippen LogP contribution in [0.1, 0.15) is 36.7 Å². The number of rotatable bonds is 9. The van der Waals surface area contributed by atoms with E-state index in [2.05, 4.69) is 4.98 Å². The van der Waals surface area contributed by atoms with Gasteiger partial charge in [-0.15, -0.1) is 0 Å². The van der Waals surface area contributed by atoms with E-state index in [1.54, 1.807) is 72.9 Å². The molecule has 1 amide bonds. The molecule has 1 fully saturated rings. The van der Waals surface area contributed by atoms with Crippen LogP contribution in [0.5, 0.6) is 11.5 Å². The van der Waals surface area contributed by atoms with Crippen molar-refractivity contribution in [2.24, 2.45) is 5.92 Å². The number of benzene rings is 3. The van der Waals surface area contributed by atoms with Gasteiger partial charge in [0.05, 0.1) is 17.9 Å². The molecule has 0 bridgehead atoms. The SMILES string of the molecule is CC(C)COc1cccc(/C(O)=C2/C(=O)C(=O)N(c3ccc(OCc4ccccc4)cc3)C2c2ccccn2)c1. The largest absolute Gasteiger partial charge is 0.507 e. The summed E-state index contributed by atoms with van der Waals surface area (Å²) in [6.45, 7) is 4.99. The van der Waals surface area contributed by atoms with Crippen molar-refractivity contribution in [2.75, 3.05) is 11.5 Å². The van der Waals surface area contributed by atoms with Crippen molar-refractivity contribution >= 4 is 23.1 Å². The number of pyridine rings is 1. The van der Waals surface area contributed by atoms with Crippen molar-refractivity contribution < 1.29 is 24.2 Å². The van der Waals surface area contributed by atoms with Gasteiger partial charge >= 0.3 is 0 Å². The van der Waals surface area contributed by atoms with Crippen LogP contribution in [0.4, 0.5) is 5.69 Å². The average molecular weight is 535 g/mol. The van der Waals surface area contributed by atoms with Crippen molar-refractivity contribution in [1.82, 2.24) is 4.98 Å². The monoisotopic (exact) mass is 534 g/mol. The summed E-state index contributed by atoms with van der Waals surface area (Å²) in [5.74, 6) is -0.311. The molecule has 1 aliphatic heterocycles. The number of ether oxygens (including phenoxy) is 2. The Morgan fingerprint density at radius 3 is 2.33 bits per heavy atom. The first-order valence-electron chi connectivity index (χ1n) is 13.1. The third-order valence-corrected chi connectivity index (χ3v) is 6.47. The first-order valence-corrected chi connectivity index (χ1v) is 13.1. The minimum Gasteiger partial charge on any atom is -0.507 e. The van der Waals surface area contributed by atoms with E-state index in [4.69, 9.17) is 9.47 Å². The first kappa shape index (κ1) is 26.7. The Morgan fingerprint density at radius 1 is 0.875 bits per heavy atom. The molecule has 2 heterocycles. The highest BCUT2D eigenvalue weighted by Gasteiger charge is 2.47. The van der Waals surface area contributed by atoms with Gasteiger partial charge in [-0.1, -0.05) is 62.4 Å². The van der Waals surface area contributed by atoms with Crippen LogP contribution in [-0.2, 0) is 16.2 Å². The summed E-state index contributed by atoms with van der Waals surface area (Å²) in [5.41, 5.74) is 2.32. The third-order valence-electron chi connectivity index (χ3n) is 6.47. The van der Waals surface area contributed by atoms with Gasteiger partial charge in [-0.3, -0.25) is 19.5 Å². The highest BCUT2D eigenvalue weighted by molar-refractivity contribution is 6.51. The van der Waals surface area contributed by atoms with Gasteiger partial charge in [-0.2, -0.15) is 0 Å². The zero-order chi connectivity index (χ0) is 28.1. The quantitative estimate of drug-likeness (QED) is 0.154. The van der Waals surface area contributed by atoms with Gasteiger partial charge < -0.3 is 14.6 Å². The van der Waals surface area contributed by atoms with Crippen LogP contribution in [0.25, 0.3) is 5.76 Å². The molecule has 0 spiro atoms. The number of aliphatic hydroxyl groups is 1. The zero-order valence-electron chi connectivity index (χ0n) is 22.4. The fourth-order valence-electron chi connectivity index (χ4n) is 4.51. The molecule has 1 saturated heterocycles. The molecule has 1 aliphatic rings. The molecule has 7 heteroatoms. The average Bonchev–Trinajstić information content (AvgIpc) is 3.26. The molecule has 1 N–H and O–H groups in total. The number of hydrogen-bond acceptors (Lipinski definition) is 6. The molecular weight excluding hydrogens is 504 g/mol. The van der Waals surface area contributed by atoms with E-state index >= 15 is 0 Å². The summed E-state index contributed by atoms with van der Waals surface area (Å²) in [7, 11) is 0. The number of aliphatic hydroxyl groups excluding tert-OH is 1. The number of nitrogens with zero attached hydrogens (tertiary/aromatic N) is 2. The fraction of sp³-hybridized carbons (Fsp3) is 0.182. The number of ketones is 1. The van der Waals surface area contributed by atoms with Gasteiger partial charge in [-0.05, 0) is 60.0 Å². The molecule has 1 unspecified atom stereocenters. The molecule has 7 nitrogen and oxygen atoms in total. The summed E-state index contributed by atoms with van der Waals surface area (Å²) in [4.78, 5) is 32.7. The van der Waals surface area contributed by atoms with Crippen molar-refractivity contribution in [3.63, 3.8) is 0 Å². The topological polar surface area (TPSA) is 89.0 Å². The molecule has 1 atom stereocenters. The number of Topliss-reactive ketones (excluding diaryl/α,β-unsaturated/α-hetero) is 1. The van der Waals surface area contributed by atoms with Crippen molar-refractivity contribution in [2.45, 2.75) is 26.5 Å². The number of amides is 1. The zero-order valence-corrected chi connectivity index (χ0v) is 22.4. The molecule has 0 saturated carbocycles. The lowest BCUT2D eigenvalue weighted by Gasteiger charge is -2.24. The lowest BCUT2D eigenvalue weighted by molar-refractivity contribution is -0.132. The van der Waals surface area contributed by atoms with Crippen molar-refractivity contribution in [1.29, 1.82) is 0 Å². The molecule has 0 radical (unpaired) electrons. The molecule has 0 aliphatic carbocycles. The minimum atomic E-state index is -0.919. The van der Waals surface area contributed by atoms with Gasteiger partial charge in [0.15, 0.2) is 0 Å². The van der Waals surface area contributed by atoms with E-state index in [0.717, 1.165) is 5.56 Å². The number of aromatic nitrogens is 1. The Balaban J connectivity index is 1.49. The van der Waals surface area contributed by atoms with E-state index in [1.807, 2.05) is 44.2 Å².